The van der Waals surface area contributed by atoms with Crippen molar-refractivity contribution in [2.75, 3.05) is 49.3 Å². The summed E-state index contributed by atoms with van der Waals surface area (Å²) in [6.45, 7) is 4.58. The number of ether oxygens (including phenoxy) is 1. The van der Waals surface area contributed by atoms with Gasteiger partial charge in [-0.15, -0.1) is 0 Å². The number of hydrogen-bond acceptors (Lipinski definition) is 6. The van der Waals surface area contributed by atoms with Crippen molar-refractivity contribution >= 4 is 11.6 Å². The van der Waals surface area contributed by atoms with Crippen molar-refractivity contribution in [3.05, 3.63) is 12.4 Å². The Morgan fingerprint density at radius 3 is 2.95 bits per heavy atom. The molecule has 6 heteroatoms. The maximum atomic E-state index is 9.44. The standard InChI is InChI=1S/C14H22N4O2/c19-10-12-3-1-5-18(12)14-9-13(15-11-16-14)17-4-2-7-20-8-6-17/h9,11-12,19H,1-8,10H2. The predicted octanol–water partition coefficient (Wildman–Crippen LogP) is 0.664. The van der Waals surface area contributed by atoms with Gasteiger partial charge in [0.15, 0.2) is 0 Å². The van der Waals surface area contributed by atoms with Crippen LogP contribution in [0.4, 0.5) is 11.6 Å². The second kappa shape index (κ2) is 6.37. The molecule has 0 amide bonds. The van der Waals surface area contributed by atoms with Gasteiger partial charge in [0.1, 0.15) is 18.0 Å². The highest BCUT2D eigenvalue weighted by Gasteiger charge is 2.25. The van der Waals surface area contributed by atoms with Crippen LogP contribution in [0.5, 0.6) is 0 Å². The molecule has 2 fully saturated rings. The molecular formula is C14H22N4O2. The molecule has 1 aromatic heterocycles. The van der Waals surface area contributed by atoms with Crippen molar-refractivity contribution in [2.45, 2.75) is 25.3 Å². The van der Waals surface area contributed by atoms with Crippen molar-refractivity contribution in [1.29, 1.82) is 0 Å². The minimum atomic E-state index is 0.191. The van der Waals surface area contributed by atoms with Crippen LogP contribution in [0.1, 0.15) is 19.3 Å². The lowest BCUT2D eigenvalue weighted by atomic mass is 10.2. The van der Waals surface area contributed by atoms with Crippen molar-refractivity contribution in [1.82, 2.24) is 9.97 Å². The van der Waals surface area contributed by atoms with Gasteiger partial charge in [0.25, 0.3) is 0 Å². The number of aromatic nitrogens is 2. The van der Waals surface area contributed by atoms with Crippen molar-refractivity contribution in [3.63, 3.8) is 0 Å². The van der Waals surface area contributed by atoms with Crippen LogP contribution in [0.2, 0.25) is 0 Å². The van der Waals surface area contributed by atoms with E-state index in [4.69, 9.17) is 4.74 Å². The first kappa shape index (κ1) is 13.6. The van der Waals surface area contributed by atoms with Gasteiger partial charge in [-0.2, -0.15) is 0 Å². The third-order valence-electron chi connectivity index (χ3n) is 4.07. The van der Waals surface area contributed by atoms with Crippen molar-refractivity contribution in [2.24, 2.45) is 0 Å². The molecule has 3 heterocycles. The zero-order valence-corrected chi connectivity index (χ0v) is 11.7. The second-order valence-electron chi connectivity index (χ2n) is 5.36. The van der Waals surface area contributed by atoms with Crippen LogP contribution >= 0.6 is 0 Å². The molecule has 2 saturated heterocycles. The topological polar surface area (TPSA) is 61.7 Å². The summed E-state index contributed by atoms with van der Waals surface area (Å²) in [5.74, 6) is 1.89. The van der Waals surface area contributed by atoms with Crippen LogP contribution in [-0.4, -0.2) is 60.6 Å². The summed E-state index contributed by atoms with van der Waals surface area (Å²) in [4.78, 5) is 13.2. The predicted molar refractivity (Wildman–Crippen MR) is 77.1 cm³/mol. The largest absolute Gasteiger partial charge is 0.394 e. The maximum Gasteiger partial charge on any atom is 0.134 e. The maximum absolute atomic E-state index is 9.44. The normalized spacial score (nSPS) is 23.9. The minimum Gasteiger partial charge on any atom is -0.394 e. The van der Waals surface area contributed by atoms with Gasteiger partial charge in [-0.3, -0.25) is 0 Å². The van der Waals surface area contributed by atoms with Gasteiger partial charge in [-0.25, -0.2) is 9.97 Å². The van der Waals surface area contributed by atoms with Crippen LogP contribution in [0, 0.1) is 0 Å². The SMILES string of the molecule is OCC1CCCN1c1cc(N2CCCOCC2)ncn1. The Labute approximate surface area is 119 Å². The molecule has 0 radical (unpaired) electrons. The van der Waals surface area contributed by atoms with E-state index in [0.717, 1.165) is 63.7 Å². The second-order valence-corrected chi connectivity index (χ2v) is 5.36. The fourth-order valence-corrected chi connectivity index (χ4v) is 2.97. The fourth-order valence-electron chi connectivity index (χ4n) is 2.97. The van der Waals surface area contributed by atoms with Gasteiger partial charge in [0.05, 0.1) is 19.3 Å². The molecule has 0 aromatic carbocycles. The Bertz CT molecular complexity index is 435. The van der Waals surface area contributed by atoms with E-state index in [9.17, 15) is 5.11 Å². The summed E-state index contributed by atoms with van der Waals surface area (Å²) in [5.41, 5.74) is 0. The molecule has 110 valence electrons. The van der Waals surface area contributed by atoms with E-state index in [1.807, 2.05) is 6.07 Å². The minimum absolute atomic E-state index is 0.191. The van der Waals surface area contributed by atoms with Crippen LogP contribution < -0.4 is 9.80 Å². The van der Waals surface area contributed by atoms with E-state index in [-0.39, 0.29) is 12.6 Å². The number of aliphatic hydroxyl groups is 1. The number of rotatable bonds is 3. The molecule has 1 aromatic rings. The first-order chi connectivity index (χ1) is 9.88. The van der Waals surface area contributed by atoms with E-state index >= 15 is 0 Å². The number of nitrogens with zero attached hydrogens (tertiary/aromatic N) is 4. The van der Waals surface area contributed by atoms with E-state index in [1.54, 1.807) is 6.33 Å². The molecule has 0 aliphatic carbocycles. The first-order valence-electron chi connectivity index (χ1n) is 7.41. The van der Waals surface area contributed by atoms with Gasteiger partial charge >= 0.3 is 0 Å². The molecule has 0 saturated carbocycles. The van der Waals surface area contributed by atoms with Crippen LogP contribution in [-0.2, 0) is 4.74 Å². The Kier molecular flexibility index (Phi) is 4.32. The Morgan fingerprint density at radius 2 is 2.05 bits per heavy atom. The van der Waals surface area contributed by atoms with Gasteiger partial charge < -0.3 is 19.6 Å². The quantitative estimate of drug-likeness (QED) is 0.876. The summed E-state index contributed by atoms with van der Waals surface area (Å²) in [5, 5.41) is 9.44. The van der Waals surface area contributed by atoms with Crippen LogP contribution in [0.25, 0.3) is 0 Å². The summed E-state index contributed by atoms with van der Waals surface area (Å²) in [7, 11) is 0. The summed E-state index contributed by atoms with van der Waals surface area (Å²) in [6, 6.07) is 2.24. The Balaban J connectivity index is 1.78. The lowest BCUT2D eigenvalue weighted by Gasteiger charge is -2.26. The van der Waals surface area contributed by atoms with Gasteiger partial charge in [0, 0.05) is 32.3 Å². The highest BCUT2D eigenvalue weighted by Crippen LogP contribution is 2.25. The molecule has 1 atom stereocenters. The molecule has 0 bridgehead atoms. The molecule has 3 rings (SSSR count). The summed E-state index contributed by atoms with van der Waals surface area (Å²) >= 11 is 0. The summed E-state index contributed by atoms with van der Waals surface area (Å²) in [6.07, 6.45) is 4.81. The van der Waals surface area contributed by atoms with Gasteiger partial charge in [-0.05, 0) is 19.3 Å². The molecule has 2 aliphatic heterocycles. The average molecular weight is 278 g/mol. The van der Waals surface area contributed by atoms with Gasteiger partial charge in [-0.1, -0.05) is 0 Å². The van der Waals surface area contributed by atoms with E-state index in [0.29, 0.717) is 0 Å². The number of aliphatic hydroxyl groups excluding tert-OH is 1. The van der Waals surface area contributed by atoms with Crippen LogP contribution in [0.15, 0.2) is 12.4 Å². The summed E-state index contributed by atoms with van der Waals surface area (Å²) < 4.78 is 5.48. The van der Waals surface area contributed by atoms with E-state index in [2.05, 4.69) is 19.8 Å². The number of hydrogen-bond donors (Lipinski definition) is 1. The zero-order chi connectivity index (χ0) is 13.8. The average Bonchev–Trinajstić information content (AvgIpc) is 2.81. The monoisotopic (exact) mass is 278 g/mol. The molecular weight excluding hydrogens is 256 g/mol. The first-order valence-corrected chi connectivity index (χ1v) is 7.41. The smallest absolute Gasteiger partial charge is 0.134 e. The lowest BCUT2D eigenvalue weighted by Crippen LogP contribution is -2.33. The zero-order valence-electron chi connectivity index (χ0n) is 11.7. The third-order valence-corrected chi connectivity index (χ3v) is 4.07. The molecule has 0 spiro atoms. The van der Waals surface area contributed by atoms with Gasteiger partial charge in [0.2, 0.25) is 0 Å². The molecule has 6 nitrogen and oxygen atoms in total. The van der Waals surface area contributed by atoms with Crippen molar-refractivity contribution < 1.29 is 9.84 Å². The Morgan fingerprint density at radius 1 is 1.15 bits per heavy atom. The van der Waals surface area contributed by atoms with Crippen molar-refractivity contribution in [3.8, 4) is 0 Å². The van der Waals surface area contributed by atoms with E-state index in [1.165, 1.54) is 0 Å². The fraction of sp³-hybridized carbons (Fsp3) is 0.714. The molecule has 20 heavy (non-hydrogen) atoms. The highest BCUT2D eigenvalue weighted by atomic mass is 16.5. The van der Waals surface area contributed by atoms with Crippen LogP contribution in [0.3, 0.4) is 0 Å². The third kappa shape index (κ3) is 2.86. The highest BCUT2D eigenvalue weighted by molar-refractivity contribution is 5.51. The Hall–Kier alpha value is -1.40. The molecule has 1 unspecified atom stereocenters. The molecule has 1 N–H and O–H groups in total. The lowest BCUT2D eigenvalue weighted by molar-refractivity contribution is 0.152. The number of anilines is 2. The van der Waals surface area contributed by atoms with E-state index < -0.39 is 0 Å². The molecule has 2 aliphatic rings.